The molecule has 29 heavy (non-hydrogen) atoms. The quantitative estimate of drug-likeness (QED) is 0.734. The van der Waals surface area contributed by atoms with E-state index in [1.165, 1.54) is 0 Å². The van der Waals surface area contributed by atoms with Gasteiger partial charge in [-0.2, -0.15) is 13.2 Å². The largest absolute Gasteiger partial charge is 0.471 e. The van der Waals surface area contributed by atoms with Gasteiger partial charge >= 0.3 is 12.1 Å². The lowest BCUT2D eigenvalue weighted by Crippen LogP contribution is -2.46. The van der Waals surface area contributed by atoms with Crippen molar-refractivity contribution in [1.82, 2.24) is 9.80 Å². The van der Waals surface area contributed by atoms with E-state index in [-0.39, 0.29) is 24.9 Å². The molecule has 0 N–H and O–H groups in total. The molecule has 1 aliphatic heterocycles. The van der Waals surface area contributed by atoms with Crippen LogP contribution in [0.3, 0.4) is 0 Å². The Morgan fingerprint density at radius 3 is 2.52 bits per heavy atom. The Hall–Kier alpha value is -2.57. The fourth-order valence-corrected chi connectivity index (χ4v) is 3.71. The fraction of sp³-hybridized carbons (Fsp3) is 0.455. The number of amides is 2. The minimum atomic E-state index is -4.89. The van der Waals surface area contributed by atoms with E-state index >= 15 is 0 Å². The zero-order valence-electron chi connectivity index (χ0n) is 16.6. The molecule has 3 rings (SSSR count). The molecule has 0 spiro atoms. The van der Waals surface area contributed by atoms with Crippen molar-refractivity contribution < 1.29 is 22.8 Å². The molecular weight excluding hydrogens is 381 g/mol. The molecule has 2 aromatic rings. The Morgan fingerprint density at radius 1 is 1.17 bits per heavy atom. The maximum Gasteiger partial charge on any atom is 0.471 e. The van der Waals surface area contributed by atoms with Gasteiger partial charge in [-0.25, -0.2) is 0 Å². The molecule has 1 saturated heterocycles. The molecule has 2 aromatic carbocycles. The van der Waals surface area contributed by atoms with Crippen LogP contribution in [-0.2, 0) is 4.79 Å². The molecule has 1 fully saturated rings. The van der Waals surface area contributed by atoms with Gasteiger partial charge in [-0.1, -0.05) is 50.6 Å². The highest BCUT2D eigenvalue weighted by molar-refractivity contribution is 5.98. The molecule has 0 aromatic heterocycles. The van der Waals surface area contributed by atoms with Crippen molar-refractivity contribution in [2.24, 2.45) is 5.92 Å². The van der Waals surface area contributed by atoms with Crippen molar-refractivity contribution >= 4 is 22.6 Å². The summed E-state index contributed by atoms with van der Waals surface area (Å²) in [5.74, 6) is -1.84. The summed E-state index contributed by atoms with van der Waals surface area (Å²) in [6, 6.07) is 12.7. The van der Waals surface area contributed by atoms with Gasteiger partial charge in [0.1, 0.15) is 0 Å². The van der Waals surface area contributed by atoms with Crippen LogP contribution in [0.5, 0.6) is 0 Å². The maximum absolute atomic E-state index is 13.3. The minimum Gasteiger partial charge on any atom is -0.334 e. The molecular formula is C22H25F3N2O2. The number of fused-ring (bicyclic) bond motifs is 1. The summed E-state index contributed by atoms with van der Waals surface area (Å²) >= 11 is 0. The first-order chi connectivity index (χ1) is 13.7. The molecule has 156 valence electrons. The average molecular weight is 406 g/mol. The van der Waals surface area contributed by atoms with Gasteiger partial charge in [-0.3, -0.25) is 9.59 Å². The van der Waals surface area contributed by atoms with E-state index < -0.39 is 18.1 Å². The third kappa shape index (κ3) is 4.71. The Morgan fingerprint density at radius 2 is 1.86 bits per heavy atom. The number of likely N-dealkylation sites (tertiary alicyclic amines) is 1. The molecule has 0 radical (unpaired) electrons. The van der Waals surface area contributed by atoms with E-state index in [2.05, 4.69) is 0 Å². The van der Waals surface area contributed by atoms with E-state index in [0.717, 1.165) is 22.1 Å². The molecule has 4 nitrogen and oxygen atoms in total. The Kier molecular flexibility index (Phi) is 6.15. The molecule has 1 aliphatic rings. The highest BCUT2D eigenvalue weighted by Gasteiger charge is 2.45. The topological polar surface area (TPSA) is 40.6 Å². The van der Waals surface area contributed by atoms with Gasteiger partial charge in [0.25, 0.3) is 5.91 Å². The second-order valence-electron chi connectivity index (χ2n) is 7.72. The molecule has 0 saturated carbocycles. The Labute approximate surface area is 168 Å². The average Bonchev–Trinajstić information content (AvgIpc) is 3.19. The Bertz CT molecular complexity index is 897. The van der Waals surface area contributed by atoms with Crippen molar-refractivity contribution in [2.45, 2.75) is 38.9 Å². The van der Waals surface area contributed by atoms with E-state index in [1.54, 1.807) is 11.0 Å². The molecule has 0 aliphatic carbocycles. The zero-order valence-corrected chi connectivity index (χ0v) is 16.6. The molecule has 7 heteroatoms. The van der Waals surface area contributed by atoms with Crippen LogP contribution in [0.15, 0.2) is 42.5 Å². The standard InChI is InChI=1S/C22H25F3N2O2/c1-3-15(2)13-27(19-10-11-26(14-19)21(29)22(23,24)25)20(28)18-9-8-16-6-4-5-7-17(16)12-18/h4-9,12,15,19H,3,10-11,13-14H2,1-2H3/t15?,19-/m1/s1. The first kappa shape index (κ1) is 21.1. The number of halogens is 3. The van der Waals surface area contributed by atoms with Crippen LogP contribution in [0.4, 0.5) is 13.2 Å². The Balaban J connectivity index is 1.84. The first-order valence-electron chi connectivity index (χ1n) is 9.86. The maximum atomic E-state index is 13.3. The van der Waals surface area contributed by atoms with Gasteiger partial charge in [0.2, 0.25) is 0 Å². The van der Waals surface area contributed by atoms with Crippen LogP contribution in [0, 0.1) is 5.92 Å². The van der Waals surface area contributed by atoms with Crippen molar-refractivity contribution in [2.75, 3.05) is 19.6 Å². The number of hydrogen-bond donors (Lipinski definition) is 0. The minimum absolute atomic E-state index is 0.00498. The lowest BCUT2D eigenvalue weighted by molar-refractivity contribution is -0.184. The summed E-state index contributed by atoms with van der Waals surface area (Å²) in [6.07, 6.45) is -3.70. The monoisotopic (exact) mass is 406 g/mol. The van der Waals surface area contributed by atoms with Gasteiger partial charge in [-0.15, -0.1) is 0 Å². The van der Waals surface area contributed by atoms with Gasteiger partial charge in [-0.05, 0) is 35.2 Å². The van der Waals surface area contributed by atoms with Crippen LogP contribution >= 0.6 is 0 Å². The predicted octanol–water partition coefficient (Wildman–Crippen LogP) is 4.49. The van der Waals surface area contributed by atoms with Gasteiger partial charge in [0, 0.05) is 25.2 Å². The predicted molar refractivity (Wildman–Crippen MR) is 105 cm³/mol. The normalized spacial score (nSPS) is 18.1. The lowest BCUT2D eigenvalue weighted by Gasteiger charge is -2.31. The van der Waals surface area contributed by atoms with Gasteiger partial charge in [0.15, 0.2) is 0 Å². The van der Waals surface area contributed by atoms with Crippen molar-refractivity contribution in [3.63, 3.8) is 0 Å². The highest BCUT2D eigenvalue weighted by atomic mass is 19.4. The number of rotatable bonds is 5. The van der Waals surface area contributed by atoms with Crippen molar-refractivity contribution in [3.8, 4) is 0 Å². The molecule has 1 unspecified atom stereocenters. The van der Waals surface area contributed by atoms with Crippen LogP contribution < -0.4 is 0 Å². The smallest absolute Gasteiger partial charge is 0.334 e. The third-order valence-corrected chi connectivity index (χ3v) is 5.60. The molecule has 1 heterocycles. The second kappa shape index (κ2) is 8.43. The SMILES string of the molecule is CCC(C)CN(C(=O)c1ccc2ccccc2c1)[C@@H]1CCN(C(=O)C(F)(F)F)C1. The van der Waals surface area contributed by atoms with Crippen molar-refractivity contribution in [3.05, 3.63) is 48.0 Å². The van der Waals surface area contributed by atoms with Crippen LogP contribution in [0.25, 0.3) is 10.8 Å². The summed E-state index contributed by atoms with van der Waals surface area (Å²) in [4.78, 5) is 27.4. The summed E-state index contributed by atoms with van der Waals surface area (Å²) in [6.45, 7) is 4.38. The van der Waals surface area contributed by atoms with Crippen LogP contribution in [0.2, 0.25) is 0 Å². The lowest BCUT2D eigenvalue weighted by atomic mass is 10.0. The summed E-state index contributed by atoms with van der Waals surface area (Å²) < 4.78 is 38.4. The zero-order chi connectivity index (χ0) is 21.2. The summed E-state index contributed by atoms with van der Waals surface area (Å²) in [5, 5.41) is 1.95. The van der Waals surface area contributed by atoms with E-state index in [4.69, 9.17) is 0 Å². The fourth-order valence-electron chi connectivity index (χ4n) is 3.71. The second-order valence-corrected chi connectivity index (χ2v) is 7.72. The number of alkyl halides is 3. The number of carbonyl (C=O) groups is 2. The number of carbonyl (C=O) groups excluding carboxylic acids is 2. The summed E-state index contributed by atoms with van der Waals surface area (Å²) in [5.41, 5.74) is 0.507. The van der Waals surface area contributed by atoms with E-state index in [1.807, 2.05) is 50.2 Å². The first-order valence-corrected chi connectivity index (χ1v) is 9.86. The number of nitrogens with zero attached hydrogens (tertiary/aromatic N) is 2. The van der Waals surface area contributed by atoms with E-state index in [0.29, 0.717) is 18.5 Å². The molecule has 2 atom stereocenters. The van der Waals surface area contributed by atoms with Crippen LogP contribution in [0.1, 0.15) is 37.0 Å². The van der Waals surface area contributed by atoms with Gasteiger partial charge < -0.3 is 9.80 Å². The molecule has 0 bridgehead atoms. The molecule has 2 amide bonds. The number of hydrogen-bond acceptors (Lipinski definition) is 2. The van der Waals surface area contributed by atoms with Crippen LogP contribution in [-0.4, -0.2) is 53.5 Å². The third-order valence-electron chi connectivity index (χ3n) is 5.60. The van der Waals surface area contributed by atoms with E-state index in [9.17, 15) is 22.8 Å². The number of benzene rings is 2. The summed E-state index contributed by atoms with van der Waals surface area (Å²) in [7, 11) is 0. The van der Waals surface area contributed by atoms with Crippen molar-refractivity contribution in [1.29, 1.82) is 0 Å². The highest BCUT2D eigenvalue weighted by Crippen LogP contribution is 2.26. The van der Waals surface area contributed by atoms with Gasteiger partial charge in [0.05, 0.1) is 6.04 Å².